The third kappa shape index (κ3) is 4.08. The smallest absolute Gasteiger partial charge is 0.264 e. The Bertz CT molecular complexity index is 1340. The van der Waals surface area contributed by atoms with Gasteiger partial charge in [-0.25, -0.2) is 23.3 Å². The van der Waals surface area contributed by atoms with Gasteiger partial charge in [0.1, 0.15) is 11.3 Å². The van der Waals surface area contributed by atoms with E-state index in [4.69, 9.17) is 9.94 Å². The molecule has 0 aliphatic heterocycles. The molecule has 0 bridgehead atoms. The summed E-state index contributed by atoms with van der Waals surface area (Å²) in [6.07, 6.45) is 1.66. The van der Waals surface area contributed by atoms with E-state index in [9.17, 15) is 18.0 Å². The number of benzene rings is 2. The quantitative estimate of drug-likeness (QED) is 0.405. The van der Waals surface area contributed by atoms with Crippen LogP contribution >= 0.6 is 0 Å². The first-order chi connectivity index (χ1) is 15.0. The van der Waals surface area contributed by atoms with E-state index < -0.39 is 31.9 Å². The molecule has 32 heavy (non-hydrogen) atoms. The number of nitrogens with one attached hydrogen (secondary N) is 1. The van der Waals surface area contributed by atoms with Gasteiger partial charge in [-0.15, -0.1) is 0 Å². The molecule has 0 saturated carbocycles. The summed E-state index contributed by atoms with van der Waals surface area (Å²) in [4.78, 5) is 28.9. The van der Waals surface area contributed by atoms with Gasteiger partial charge < -0.3 is 4.74 Å². The van der Waals surface area contributed by atoms with E-state index in [0.717, 1.165) is 24.1 Å². The topological polar surface area (TPSA) is 128 Å². The Morgan fingerprint density at radius 2 is 1.91 bits per heavy atom. The number of aryl methyl sites for hydroxylation is 1. The summed E-state index contributed by atoms with van der Waals surface area (Å²) < 4.78 is 43.5. The number of methoxy groups -OCH3 is 1. The highest BCUT2D eigenvalue weighted by atomic mass is 32.2. The van der Waals surface area contributed by atoms with Gasteiger partial charge in [-0.05, 0) is 37.1 Å². The number of sulfone groups is 1. The van der Waals surface area contributed by atoms with Crippen molar-refractivity contribution >= 4 is 26.6 Å². The van der Waals surface area contributed by atoms with Crippen LogP contribution in [0.15, 0.2) is 47.5 Å². The van der Waals surface area contributed by atoms with Crippen LogP contribution in [0.2, 0.25) is 0 Å². The Balaban J connectivity index is 1.99. The molecular formula is C21H22FN3O6S. The van der Waals surface area contributed by atoms with E-state index in [2.05, 4.69) is 4.98 Å². The van der Waals surface area contributed by atoms with Crippen LogP contribution in [-0.2, 0) is 21.2 Å². The highest BCUT2D eigenvalue weighted by molar-refractivity contribution is 7.92. The summed E-state index contributed by atoms with van der Waals surface area (Å²) in [5.74, 6) is -1.17. The maximum atomic E-state index is 15.1. The number of rotatable bonds is 7. The Kier molecular flexibility index (Phi) is 6.33. The molecule has 0 aliphatic carbocycles. The number of aromatic nitrogens is 2. The third-order valence-corrected chi connectivity index (χ3v) is 7.59. The number of carbonyl (C=O) groups excluding carboxylic acids is 1. The van der Waals surface area contributed by atoms with Gasteiger partial charge >= 0.3 is 0 Å². The minimum Gasteiger partial charge on any atom is -0.497 e. The van der Waals surface area contributed by atoms with Crippen LogP contribution in [0, 0.1) is 5.82 Å². The van der Waals surface area contributed by atoms with Crippen molar-refractivity contribution in [2.45, 2.75) is 24.6 Å². The van der Waals surface area contributed by atoms with Crippen molar-refractivity contribution in [1.82, 2.24) is 15.0 Å². The number of hydroxylamine groups is 1. The highest BCUT2D eigenvalue weighted by Crippen LogP contribution is 2.28. The van der Waals surface area contributed by atoms with Crippen molar-refractivity contribution in [2.24, 2.45) is 0 Å². The highest BCUT2D eigenvalue weighted by Gasteiger charge is 2.43. The van der Waals surface area contributed by atoms with E-state index in [1.165, 1.54) is 24.7 Å². The molecule has 3 rings (SSSR count). The van der Waals surface area contributed by atoms with Crippen molar-refractivity contribution in [2.75, 3.05) is 13.4 Å². The van der Waals surface area contributed by atoms with Gasteiger partial charge in [-0.3, -0.25) is 19.4 Å². The number of ether oxygens (including phenoxy) is 1. The van der Waals surface area contributed by atoms with Crippen LogP contribution in [0.25, 0.3) is 22.0 Å². The van der Waals surface area contributed by atoms with Gasteiger partial charge in [0.25, 0.3) is 11.5 Å². The van der Waals surface area contributed by atoms with Crippen molar-refractivity contribution in [3.8, 4) is 16.9 Å². The van der Waals surface area contributed by atoms with E-state index in [1.807, 2.05) is 0 Å². The van der Waals surface area contributed by atoms with Crippen LogP contribution in [-0.4, -0.2) is 47.2 Å². The molecule has 0 fully saturated rings. The average Bonchev–Trinajstić information content (AvgIpc) is 2.77. The molecule has 1 aromatic heterocycles. The second-order valence-electron chi connectivity index (χ2n) is 7.49. The lowest BCUT2D eigenvalue weighted by Gasteiger charge is -2.25. The van der Waals surface area contributed by atoms with Crippen molar-refractivity contribution in [1.29, 1.82) is 0 Å². The molecule has 1 atom stereocenters. The molecule has 0 radical (unpaired) electrons. The fourth-order valence-corrected chi connectivity index (χ4v) is 4.11. The predicted molar refractivity (Wildman–Crippen MR) is 116 cm³/mol. The maximum absolute atomic E-state index is 15.1. The summed E-state index contributed by atoms with van der Waals surface area (Å²) in [6.45, 7) is 0.953. The Morgan fingerprint density at radius 1 is 1.25 bits per heavy atom. The van der Waals surface area contributed by atoms with Gasteiger partial charge in [0.2, 0.25) is 0 Å². The second-order valence-corrected chi connectivity index (χ2v) is 9.93. The SMILES string of the molecule is COc1ccc(-c2ccc3c(=O)n(CC[C@](C)(C(=O)NO)S(C)(=O)=O)cnc3c2F)cc1. The van der Waals surface area contributed by atoms with E-state index in [0.29, 0.717) is 11.3 Å². The summed E-state index contributed by atoms with van der Waals surface area (Å²) >= 11 is 0. The molecule has 0 saturated heterocycles. The molecule has 1 heterocycles. The number of fused-ring (bicyclic) bond motifs is 1. The molecule has 170 valence electrons. The molecule has 0 aliphatic rings. The van der Waals surface area contributed by atoms with Crippen LogP contribution in [0.4, 0.5) is 4.39 Å². The molecule has 2 aromatic carbocycles. The van der Waals surface area contributed by atoms with Crippen molar-refractivity contribution < 1.29 is 27.5 Å². The second kappa shape index (κ2) is 8.67. The molecule has 1 amide bonds. The lowest BCUT2D eigenvalue weighted by molar-refractivity contribution is -0.131. The fourth-order valence-electron chi connectivity index (χ4n) is 3.27. The van der Waals surface area contributed by atoms with Crippen LogP contribution < -0.4 is 15.8 Å². The van der Waals surface area contributed by atoms with Crippen LogP contribution in [0.3, 0.4) is 0 Å². The normalized spacial score (nSPS) is 13.5. The predicted octanol–water partition coefficient (Wildman–Crippen LogP) is 1.91. The van der Waals surface area contributed by atoms with Crippen LogP contribution in [0.1, 0.15) is 13.3 Å². The van der Waals surface area contributed by atoms with Crippen molar-refractivity contribution in [3.05, 3.63) is 58.9 Å². The number of nitrogens with zero attached hydrogens (tertiary/aromatic N) is 2. The minimum absolute atomic E-state index is 0.00919. The average molecular weight is 463 g/mol. The number of amides is 1. The summed E-state index contributed by atoms with van der Waals surface area (Å²) in [6, 6.07) is 9.65. The van der Waals surface area contributed by atoms with Gasteiger partial charge in [0.15, 0.2) is 20.4 Å². The maximum Gasteiger partial charge on any atom is 0.264 e. The molecule has 11 heteroatoms. The molecular weight excluding hydrogens is 441 g/mol. The third-order valence-electron chi connectivity index (χ3n) is 5.56. The molecule has 0 spiro atoms. The number of hydrogen-bond acceptors (Lipinski definition) is 7. The first-order valence-electron chi connectivity index (χ1n) is 9.49. The summed E-state index contributed by atoms with van der Waals surface area (Å²) in [5.41, 5.74) is 1.47. The van der Waals surface area contributed by atoms with Crippen molar-refractivity contribution in [3.63, 3.8) is 0 Å². The Morgan fingerprint density at radius 3 is 2.47 bits per heavy atom. The Hall–Kier alpha value is -3.31. The van der Waals surface area contributed by atoms with Gasteiger partial charge in [0, 0.05) is 18.4 Å². The lowest BCUT2D eigenvalue weighted by Crippen LogP contribution is -2.50. The zero-order chi connectivity index (χ0) is 23.7. The van der Waals surface area contributed by atoms with Crippen LogP contribution in [0.5, 0.6) is 5.75 Å². The lowest BCUT2D eigenvalue weighted by atomic mass is 10.0. The number of halogens is 1. The summed E-state index contributed by atoms with van der Waals surface area (Å²) in [7, 11) is -2.40. The van der Waals surface area contributed by atoms with Gasteiger partial charge in [0.05, 0.1) is 18.8 Å². The van der Waals surface area contributed by atoms with E-state index >= 15 is 4.39 Å². The van der Waals surface area contributed by atoms with E-state index in [1.54, 1.807) is 24.3 Å². The zero-order valence-corrected chi connectivity index (χ0v) is 18.4. The number of carbonyl (C=O) groups is 1. The molecule has 9 nitrogen and oxygen atoms in total. The Labute approximate surface area is 183 Å². The molecule has 2 N–H and O–H groups in total. The van der Waals surface area contributed by atoms with E-state index in [-0.39, 0.29) is 29.4 Å². The number of hydrogen-bond donors (Lipinski definition) is 2. The zero-order valence-electron chi connectivity index (χ0n) is 17.6. The monoisotopic (exact) mass is 463 g/mol. The van der Waals surface area contributed by atoms with Gasteiger partial charge in [-0.2, -0.15) is 0 Å². The standard InChI is InChI=1S/C21H22FN3O6S/c1-21(20(27)24-28,32(3,29)30)10-11-25-12-23-18-16(19(25)26)9-8-15(17(18)22)13-4-6-14(31-2)7-5-13/h4-9,12,28H,10-11H2,1-3H3,(H,24,27)/t21-/m1/s1. The summed E-state index contributed by atoms with van der Waals surface area (Å²) in [5, 5.41) is 8.92. The first-order valence-corrected chi connectivity index (χ1v) is 11.4. The minimum atomic E-state index is -3.93. The molecule has 0 unspecified atom stereocenters. The molecule has 3 aromatic rings. The fraction of sp³-hybridized carbons (Fsp3) is 0.286. The first kappa shape index (κ1) is 23.4. The van der Waals surface area contributed by atoms with Gasteiger partial charge in [-0.1, -0.05) is 18.2 Å². The largest absolute Gasteiger partial charge is 0.497 e.